The first-order valence-electron chi connectivity index (χ1n) is 10.5. The molecule has 1 aliphatic heterocycles. The SMILES string of the molecule is CCN(C(=O)COC(=O)CC1c2ccccc2C=CN1C(C)=O)C1CCCCC1. The molecule has 0 bridgehead atoms. The van der Waals surface area contributed by atoms with Gasteiger partial charge in [-0.2, -0.15) is 0 Å². The van der Waals surface area contributed by atoms with Crippen LogP contribution in [-0.2, 0) is 19.1 Å². The van der Waals surface area contributed by atoms with Crippen LogP contribution in [0.25, 0.3) is 6.08 Å². The Morgan fingerprint density at radius 2 is 1.86 bits per heavy atom. The zero-order chi connectivity index (χ0) is 20.8. The predicted octanol–water partition coefficient (Wildman–Crippen LogP) is 3.68. The molecule has 0 spiro atoms. The van der Waals surface area contributed by atoms with Gasteiger partial charge in [-0.15, -0.1) is 0 Å². The lowest BCUT2D eigenvalue weighted by atomic mass is 9.94. The molecule has 1 unspecified atom stereocenters. The largest absolute Gasteiger partial charge is 0.455 e. The second kappa shape index (κ2) is 9.72. The van der Waals surface area contributed by atoms with Crippen LogP contribution in [0.4, 0.5) is 0 Å². The van der Waals surface area contributed by atoms with Crippen molar-refractivity contribution in [1.29, 1.82) is 0 Å². The van der Waals surface area contributed by atoms with E-state index >= 15 is 0 Å². The van der Waals surface area contributed by atoms with Crippen molar-refractivity contribution in [2.24, 2.45) is 0 Å². The first-order chi connectivity index (χ1) is 14.0. The molecular formula is C23H30N2O4. The van der Waals surface area contributed by atoms with Gasteiger partial charge in [0.2, 0.25) is 5.91 Å². The summed E-state index contributed by atoms with van der Waals surface area (Å²) in [5.41, 5.74) is 1.89. The Balaban J connectivity index is 1.61. The van der Waals surface area contributed by atoms with Gasteiger partial charge < -0.3 is 14.5 Å². The van der Waals surface area contributed by atoms with E-state index in [1.807, 2.05) is 42.2 Å². The molecule has 156 valence electrons. The summed E-state index contributed by atoms with van der Waals surface area (Å²) in [6, 6.07) is 7.52. The number of ether oxygens (including phenoxy) is 1. The summed E-state index contributed by atoms with van der Waals surface area (Å²) in [4.78, 5) is 40.6. The molecule has 3 rings (SSSR count). The van der Waals surface area contributed by atoms with E-state index in [1.54, 1.807) is 11.1 Å². The van der Waals surface area contributed by atoms with E-state index in [-0.39, 0.29) is 30.9 Å². The molecule has 0 N–H and O–H groups in total. The molecule has 29 heavy (non-hydrogen) atoms. The van der Waals surface area contributed by atoms with E-state index < -0.39 is 12.0 Å². The minimum absolute atomic E-state index is 0.0176. The molecule has 1 aromatic carbocycles. The number of rotatable bonds is 6. The van der Waals surface area contributed by atoms with Gasteiger partial charge in [0, 0.05) is 25.7 Å². The van der Waals surface area contributed by atoms with Crippen molar-refractivity contribution in [3.63, 3.8) is 0 Å². The molecule has 1 atom stereocenters. The predicted molar refractivity (Wildman–Crippen MR) is 111 cm³/mol. The van der Waals surface area contributed by atoms with Gasteiger partial charge in [-0.3, -0.25) is 14.4 Å². The Morgan fingerprint density at radius 3 is 2.55 bits per heavy atom. The number of hydrogen-bond donors (Lipinski definition) is 0. The molecule has 2 amide bonds. The highest BCUT2D eigenvalue weighted by Gasteiger charge is 2.30. The summed E-state index contributed by atoms with van der Waals surface area (Å²) >= 11 is 0. The van der Waals surface area contributed by atoms with Crippen molar-refractivity contribution >= 4 is 23.9 Å². The van der Waals surface area contributed by atoms with E-state index in [0.29, 0.717) is 6.54 Å². The molecule has 1 aromatic rings. The molecule has 2 aliphatic rings. The van der Waals surface area contributed by atoms with Crippen LogP contribution < -0.4 is 0 Å². The molecule has 0 aromatic heterocycles. The Kier molecular flexibility index (Phi) is 7.07. The number of nitrogens with zero attached hydrogens (tertiary/aromatic N) is 2. The number of carbonyl (C=O) groups is 3. The van der Waals surface area contributed by atoms with Crippen LogP contribution in [0.2, 0.25) is 0 Å². The van der Waals surface area contributed by atoms with Gasteiger partial charge in [0.25, 0.3) is 5.91 Å². The standard InChI is InChI=1S/C23H30N2O4/c1-3-24(19-10-5-4-6-11-19)22(27)16-29-23(28)15-21-20-12-8-7-9-18(20)13-14-25(21)17(2)26/h7-9,12-14,19,21H,3-6,10-11,15-16H2,1-2H3. The van der Waals surface area contributed by atoms with Crippen LogP contribution in [0, 0.1) is 0 Å². The van der Waals surface area contributed by atoms with Gasteiger partial charge in [0.1, 0.15) is 0 Å². The zero-order valence-corrected chi connectivity index (χ0v) is 17.3. The normalized spacial score (nSPS) is 18.8. The number of benzene rings is 1. The fraction of sp³-hybridized carbons (Fsp3) is 0.522. The lowest BCUT2D eigenvalue weighted by Gasteiger charge is -2.34. The highest BCUT2D eigenvalue weighted by atomic mass is 16.5. The topological polar surface area (TPSA) is 66.9 Å². The number of fused-ring (bicyclic) bond motifs is 1. The minimum Gasteiger partial charge on any atom is -0.455 e. The van der Waals surface area contributed by atoms with Gasteiger partial charge in [0.05, 0.1) is 12.5 Å². The lowest BCUT2D eigenvalue weighted by molar-refractivity contribution is -0.154. The smallest absolute Gasteiger partial charge is 0.308 e. The summed E-state index contributed by atoms with van der Waals surface area (Å²) in [6.45, 7) is 3.82. The van der Waals surface area contributed by atoms with Crippen molar-refractivity contribution in [2.45, 2.75) is 64.5 Å². The van der Waals surface area contributed by atoms with Crippen LogP contribution in [0.1, 0.15) is 69.5 Å². The second-order valence-electron chi connectivity index (χ2n) is 7.72. The van der Waals surface area contributed by atoms with Crippen LogP contribution in [-0.4, -0.2) is 46.8 Å². The van der Waals surface area contributed by atoms with Crippen molar-refractivity contribution in [3.05, 3.63) is 41.6 Å². The number of carbonyl (C=O) groups excluding carboxylic acids is 3. The Labute approximate surface area is 172 Å². The number of amides is 2. The third kappa shape index (κ3) is 5.05. The molecule has 1 heterocycles. The van der Waals surface area contributed by atoms with Gasteiger partial charge in [-0.25, -0.2) is 0 Å². The van der Waals surface area contributed by atoms with E-state index in [9.17, 15) is 14.4 Å². The summed E-state index contributed by atoms with van der Waals surface area (Å²) in [5.74, 6) is -0.751. The van der Waals surface area contributed by atoms with Crippen molar-refractivity contribution in [3.8, 4) is 0 Å². The van der Waals surface area contributed by atoms with Crippen molar-refractivity contribution < 1.29 is 19.1 Å². The van der Waals surface area contributed by atoms with Crippen LogP contribution in [0.15, 0.2) is 30.5 Å². The van der Waals surface area contributed by atoms with Crippen LogP contribution >= 0.6 is 0 Å². The Morgan fingerprint density at radius 1 is 1.14 bits per heavy atom. The van der Waals surface area contributed by atoms with E-state index in [4.69, 9.17) is 4.74 Å². The van der Waals surface area contributed by atoms with Crippen molar-refractivity contribution in [2.75, 3.05) is 13.2 Å². The maximum absolute atomic E-state index is 12.6. The lowest BCUT2D eigenvalue weighted by Crippen LogP contribution is -2.43. The van der Waals surface area contributed by atoms with Crippen LogP contribution in [0.5, 0.6) is 0 Å². The summed E-state index contributed by atoms with van der Waals surface area (Å²) in [6.07, 6.45) is 9.14. The van der Waals surface area contributed by atoms with Gasteiger partial charge in [0.15, 0.2) is 6.61 Å². The van der Waals surface area contributed by atoms with Crippen molar-refractivity contribution in [1.82, 2.24) is 9.80 Å². The maximum atomic E-state index is 12.6. The second-order valence-corrected chi connectivity index (χ2v) is 7.72. The average molecular weight is 399 g/mol. The molecule has 6 heteroatoms. The molecule has 1 fully saturated rings. The Bertz CT molecular complexity index is 783. The van der Waals surface area contributed by atoms with E-state index in [1.165, 1.54) is 13.3 Å². The zero-order valence-electron chi connectivity index (χ0n) is 17.3. The molecule has 1 aliphatic carbocycles. The third-order valence-corrected chi connectivity index (χ3v) is 5.86. The number of esters is 1. The average Bonchev–Trinajstić information content (AvgIpc) is 2.73. The first-order valence-corrected chi connectivity index (χ1v) is 10.5. The number of hydrogen-bond acceptors (Lipinski definition) is 4. The quantitative estimate of drug-likeness (QED) is 0.686. The molecule has 0 radical (unpaired) electrons. The highest BCUT2D eigenvalue weighted by molar-refractivity contribution is 5.82. The van der Waals surface area contributed by atoms with Gasteiger partial charge in [-0.05, 0) is 37.0 Å². The van der Waals surface area contributed by atoms with Gasteiger partial charge >= 0.3 is 5.97 Å². The highest BCUT2D eigenvalue weighted by Crippen LogP contribution is 2.33. The Hall–Kier alpha value is -2.63. The summed E-state index contributed by atoms with van der Waals surface area (Å²) in [5, 5.41) is 0. The fourth-order valence-corrected chi connectivity index (χ4v) is 4.39. The van der Waals surface area contributed by atoms with E-state index in [2.05, 4.69) is 0 Å². The summed E-state index contributed by atoms with van der Waals surface area (Å²) < 4.78 is 5.33. The number of likely N-dealkylation sites (N-methyl/N-ethyl adjacent to an activating group) is 1. The molecular weight excluding hydrogens is 368 g/mol. The summed E-state index contributed by atoms with van der Waals surface area (Å²) in [7, 11) is 0. The third-order valence-electron chi connectivity index (χ3n) is 5.86. The monoisotopic (exact) mass is 398 g/mol. The molecule has 0 saturated heterocycles. The minimum atomic E-state index is -0.473. The molecule has 1 saturated carbocycles. The van der Waals surface area contributed by atoms with E-state index in [0.717, 1.165) is 36.8 Å². The van der Waals surface area contributed by atoms with Crippen LogP contribution in [0.3, 0.4) is 0 Å². The fourth-order valence-electron chi connectivity index (χ4n) is 4.39. The maximum Gasteiger partial charge on any atom is 0.308 e. The first kappa shape index (κ1) is 21.1. The van der Waals surface area contributed by atoms with Gasteiger partial charge in [-0.1, -0.05) is 43.5 Å². The molecule has 6 nitrogen and oxygen atoms in total.